The highest BCUT2D eigenvalue weighted by atomic mass is 16.5. The van der Waals surface area contributed by atoms with Gasteiger partial charge < -0.3 is 14.7 Å². The first kappa shape index (κ1) is 15.8. The summed E-state index contributed by atoms with van der Waals surface area (Å²) in [6.45, 7) is 0. The van der Waals surface area contributed by atoms with E-state index in [2.05, 4.69) is 0 Å². The normalized spacial score (nSPS) is 19.6. The van der Waals surface area contributed by atoms with Gasteiger partial charge in [0.15, 0.2) is 0 Å². The van der Waals surface area contributed by atoms with Crippen molar-refractivity contribution in [2.45, 2.75) is 6.04 Å². The van der Waals surface area contributed by atoms with Crippen LogP contribution in [0.1, 0.15) is 17.2 Å². The van der Waals surface area contributed by atoms with E-state index < -0.39 is 17.7 Å². The number of ether oxygens (including phenoxy) is 1. The molecule has 3 rings (SSSR count). The minimum atomic E-state index is -0.681. The number of methoxy groups -OCH3 is 1. The standard InChI is InChI=1S/C19H17NO4/c1-20-16(12-6-4-3-5-7-12)15(18(22)19(20)23)17(21)13-8-10-14(24-2)11-9-13/h3-11,16,21H,1-2H3/t16-/m1/s1. The van der Waals surface area contributed by atoms with Crippen molar-refractivity contribution in [3.05, 3.63) is 71.3 Å². The van der Waals surface area contributed by atoms with Gasteiger partial charge in [0.2, 0.25) is 0 Å². The first-order chi connectivity index (χ1) is 11.5. The SMILES string of the molecule is COc1ccc(C(O)=C2C(=O)C(=O)N(C)[C@@H]2c2ccccc2)cc1. The van der Waals surface area contributed by atoms with Gasteiger partial charge in [0.05, 0.1) is 18.7 Å². The van der Waals surface area contributed by atoms with E-state index >= 15 is 0 Å². The predicted octanol–water partition coefficient (Wildman–Crippen LogP) is 2.75. The lowest BCUT2D eigenvalue weighted by molar-refractivity contribution is -0.139. The molecule has 1 atom stereocenters. The Balaban J connectivity index is 2.13. The van der Waals surface area contributed by atoms with Crippen molar-refractivity contribution in [1.82, 2.24) is 4.90 Å². The molecule has 5 heteroatoms. The molecule has 0 aliphatic carbocycles. The topological polar surface area (TPSA) is 66.8 Å². The highest BCUT2D eigenvalue weighted by Crippen LogP contribution is 2.38. The summed E-state index contributed by atoms with van der Waals surface area (Å²) in [5, 5.41) is 10.7. The molecule has 1 saturated heterocycles. The Morgan fingerprint density at radius 3 is 2.25 bits per heavy atom. The molecule has 2 aromatic carbocycles. The number of aliphatic hydroxyl groups is 1. The van der Waals surface area contributed by atoms with Gasteiger partial charge in [-0.3, -0.25) is 9.59 Å². The number of benzene rings is 2. The molecule has 0 spiro atoms. The van der Waals surface area contributed by atoms with E-state index in [1.807, 2.05) is 30.3 Å². The Bertz CT molecular complexity index is 809. The third-order valence-corrected chi connectivity index (χ3v) is 4.15. The molecule has 1 N–H and O–H groups in total. The molecular formula is C19H17NO4. The average molecular weight is 323 g/mol. The van der Waals surface area contributed by atoms with Crippen LogP contribution in [0.4, 0.5) is 0 Å². The second kappa shape index (κ2) is 6.20. The summed E-state index contributed by atoms with van der Waals surface area (Å²) in [6, 6.07) is 15.3. The van der Waals surface area contributed by atoms with E-state index in [1.165, 1.54) is 4.90 Å². The third kappa shape index (κ3) is 2.54. The van der Waals surface area contributed by atoms with Gasteiger partial charge in [-0.25, -0.2) is 0 Å². The first-order valence-electron chi connectivity index (χ1n) is 7.48. The van der Waals surface area contributed by atoms with Crippen LogP contribution in [0.3, 0.4) is 0 Å². The second-order valence-electron chi connectivity index (χ2n) is 5.55. The summed E-state index contributed by atoms with van der Waals surface area (Å²) in [7, 11) is 3.11. The maximum atomic E-state index is 12.4. The lowest BCUT2D eigenvalue weighted by Crippen LogP contribution is -2.24. The summed E-state index contributed by atoms with van der Waals surface area (Å²) in [5.41, 5.74) is 1.33. The van der Waals surface area contributed by atoms with E-state index in [0.717, 1.165) is 5.56 Å². The Hall–Kier alpha value is -3.08. The quantitative estimate of drug-likeness (QED) is 0.536. The molecule has 0 bridgehead atoms. The Labute approximate surface area is 139 Å². The summed E-state index contributed by atoms with van der Waals surface area (Å²) in [6.07, 6.45) is 0. The van der Waals surface area contributed by atoms with Crippen LogP contribution in [0.5, 0.6) is 5.75 Å². The number of Topliss-reactive ketones (excluding diaryl/α,β-unsaturated/α-hetero) is 1. The van der Waals surface area contributed by atoms with Gasteiger partial charge in [-0.05, 0) is 29.8 Å². The van der Waals surface area contributed by atoms with Crippen LogP contribution in [0.25, 0.3) is 5.76 Å². The number of likely N-dealkylation sites (N-methyl/N-ethyl adjacent to an activating group) is 1. The number of hydrogen-bond donors (Lipinski definition) is 1. The predicted molar refractivity (Wildman–Crippen MR) is 89.5 cm³/mol. The van der Waals surface area contributed by atoms with Gasteiger partial charge in [0.1, 0.15) is 11.5 Å². The van der Waals surface area contributed by atoms with Crippen LogP contribution in [0, 0.1) is 0 Å². The van der Waals surface area contributed by atoms with Crippen LogP contribution in [0.2, 0.25) is 0 Å². The number of likely N-dealkylation sites (tertiary alicyclic amines) is 1. The highest BCUT2D eigenvalue weighted by molar-refractivity contribution is 6.46. The molecule has 24 heavy (non-hydrogen) atoms. The molecule has 0 saturated carbocycles. The van der Waals surface area contributed by atoms with E-state index in [1.54, 1.807) is 38.4 Å². The number of rotatable bonds is 3. The molecule has 122 valence electrons. The fourth-order valence-corrected chi connectivity index (χ4v) is 2.88. The van der Waals surface area contributed by atoms with Gasteiger partial charge >= 0.3 is 0 Å². The zero-order valence-electron chi connectivity index (χ0n) is 13.4. The average Bonchev–Trinajstić information content (AvgIpc) is 2.86. The van der Waals surface area contributed by atoms with Gasteiger partial charge in [-0.1, -0.05) is 30.3 Å². The second-order valence-corrected chi connectivity index (χ2v) is 5.55. The molecule has 1 heterocycles. The molecule has 0 radical (unpaired) electrons. The smallest absolute Gasteiger partial charge is 0.295 e. The monoisotopic (exact) mass is 323 g/mol. The Morgan fingerprint density at radius 2 is 1.67 bits per heavy atom. The summed E-state index contributed by atoms with van der Waals surface area (Å²) >= 11 is 0. The highest BCUT2D eigenvalue weighted by Gasteiger charge is 2.44. The number of hydrogen-bond acceptors (Lipinski definition) is 4. The fourth-order valence-electron chi connectivity index (χ4n) is 2.88. The van der Waals surface area contributed by atoms with Crippen molar-refractivity contribution in [2.24, 2.45) is 0 Å². The van der Waals surface area contributed by atoms with Crippen molar-refractivity contribution in [1.29, 1.82) is 0 Å². The maximum Gasteiger partial charge on any atom is 0.295 e. The molecule has 2 aromatic rings. The molecule has 1 aliphatic rings. The molecular weight excluding hydrogens is 306 g/mol. The fraction of sp³-hybridized carbons (Fsp3) is 0.158. The molecule has 0 aromatic heterocycles. The number of amides is 1. The number of nitrogens with zero attached hydrogens (tertiary/aromatic N) is 1. The summed E-state index contributed by atoms with van der Waals surface area (Å²) in [5.74, 6) is -0.852. The van der Waals surface area contributed by atoms with Crippen molar-refractivity contribution < 1.29 is 19.4 Å². The van der Waals surface area contributed by atoms with Gasteiger partial charge in [-0.2, -0.15) is 0 Å². The van der Waals surface area contributed by atoms with E-state index in [-0.39, 0.29) is 11.3 Å². The number of carbonyl (C=O) groups excluding carboxylic acids is 2. The van der Waals surface area contributed by atoms with Crippen LogP contribution < -0.4 is 4.74 Å². The van der Waals surface area contributed by atoms with Crippen molar-refractivity contribution in [3.8, 4) is 5.75 Å². The van der Waals surface area contributed by atoms with Gasteiger partial charge in [0.25, 0.3) is 11.7 Å². The van der Waals surface area contributed by atoms with Crippen LogP contribution in [-0.2, 0) is 9.59 Å². The molecule has 0 unspecified atom stereocenters. The lowest BCUT2D eigenvalue weighted by Gasteiger charge is -2.20. The van der Waals surface area contributed by atoms with E-state index in [9.17, 15) is 14.7 Å². The van der Waals surface area contributed by atoms with Crippen LogP contribution >= 0.6 is 0 Å². The van der Waals surface area contributed by atoms with Gasteiger partial charge in [-0.15, -0.1) is 0 Å². The third-order valence-electron chi connectivity index (χ3n) is 4.15. The molecule has 1 amide bonds. The van der Waals surface area contributed by atoms with Gasteiger partial charge in [0, 0.05) is 12.6 Å². The van der Waals surface area contributed by atoms with Crippen molar-refractivity contribution in [2.75, 3.05) is 14.2 Å². The number of carbonyl (C=O) groups is 2. The van der Waals surface area contributed by atoms with E-state index in [4.69, 9.17) is 4.74 Å². The minimum absolute atomic E-state index is 0.0962. The number of ketones is 1. The summed E-state index contributed by atoms with van der Waals surface area (Å²) < 4.78 is 5.09. The number of aliphatic hydroxyl groups excluding tert-OH is 1. The van der Waals surface area contributed by atoms with Crippen LogP contribution in [0.15, 0.2) is 60.2 Å². The Kier molecular flexibility index (Phi) is 4.08. The molecule has 5 nitrogen and oxygen atoms in total. The lowest BCUT2D eigenvalue weighted by atomic mass is 9.95. The molecule has 1 aliphatic heterocycles. The summed E-state index contributed by atoms with van der Waals surface area (Å²) in [4.78, 5) is 25.9. The Morgan fingerprint density at radius 1 is 1.04 bits per heavy atom. The van der Waals surface area contributed by atoms with E-state index in [0.29, 0.717) is 11.3 Å². The largest absolute Gasteiger partial charge is 0.507 e. The zero-order chi connectivity index (χ0) is 17.3. The first-order valence-corrected chi connectivity index (χ1v) is 7.48. The maximum absolute atomic E-state index is 12.4. The minimum Gasteiger partial charge on any atom is -0.507 e. The molecule has 1 fully saturated rings. The zero-order valence-corrected chi connectivity index (χ0v) is 13.4. The van der Waals surface area contributed by atoms with Crippen molar-refractivity contribution >= 4 is 17.4 Å². The van der Waals surface area contributed by atoms with Crippen LogP contribution in [-0.4, -0.2) is 35.9 Å². The van der Waals surface area contributed by atoms with Crippen molar-refractivity contribution in [3.63, 3.8) is 0 Å².